The highest BCUT2D eigenvalue weighted by atomic mass is 19.1. The highest BCUT2D eigenvalue weighted by Gasteiger charge is 2.11. The zero-order valence-corrected chi connectivity index (χ0v) is 11.8. The van der Waals surface area contributed by atoms with Crippen LogP contribution in [-0.4, -0.2) is 40.8 Å². The molecule has 2 rings (SSSR count). The summed E-state index contributed by atoms with van der Waals surface area (Å²) in [5.41, 5.74) is 0.567. The lowest BCUT2D eigenvalue weighted by Crippen LogP contribution is -2.17. The summed E-state index contributed by atoms with van der Waals surface area (Å²) >= 11 is 0. The van der Waals surface area contributed by atoms with Gasteiger partial charge in [0.2, 0.25) is 5.95 Å². The van der Waals surface area contributed by atoms with Crippen LogP contribution in [0.4, 0.5) is 16.2 Å². The molecule has 0 bridgehead atoms. The maximum atomic E-state index is 13.5. The molecule has 0 fully saturated rings. The highest BCUT2D eigenvalue weighted by Crippen LogP contribution is 2.19. The number of aromatic nitrogens is 2. The van der Waals surface area contributed by atoms with Crippen LogP contribution in [0, 0.1) is 5.82 Å². The molecular formula is C14H17FN4O2. The minimum atomic E-state index is -0.839. The molecule has 0 aliphatic carbocycles. The Morgan fingerprint density at radius 1 is 1.38 bits per heavy atom. The van der Waals surface area contributed by atoms with Gasteiger partial charge in [0, 0.05) is 20.6 Å². The maximum absolute atomic E-state index is 13.5. The molecule has 3 N–H and O–H groups in total. The lowest BCUT2D eigenvalue weighted by Gasteiger charge is -2.15. The summed E-state index contributed by atoms with van der Waals surface area (Å²) in [4.78, 5) is 9.38. The van der Waals surface area contributed by atoms with E-state index in [-0.39, 0.29) is 24.1 Å². The molecule has 0 amide bonds. The molecule has 7 heteroatoms. The van der Waals surface area contributed by atoms with Crippen molar-refractivity contribution in [2.24, 2.45) is 0 Å². The lowest BCUT2D eigenvalue weighted by molar-refractivity contribution is 0.191. The van der Waals surface area contributed by atoms with Gasteiger partial charge in [-0.2, -0.15) is 4.98 Å². The van der Waals surface area contributed by atoms with Crippen molar-refractivity contribution >= 4 is 11.8 Å². The van der Waals surface area contributed by atoms with E-state index in [4.69, 9.17) is 0 Å². The fraction of sp³-hybridized carbons (Fsp3) is 0.286. The number of halogens is 1. The molecule has 1 unspecified atom stereocenters. The van der Waals surface area contributed by atoms with Crippen LogP contribution in [-0.2, 0) is 0 Å². The topological polar surface area (TPSA) is 81.5 Å². The molecule has 0 saturated heterocycles. The number of aliphatic hydroxyl groups is 1. The van der Waals surface area contributed by atoms with Gasteiger partial charge in [0.1, 0.15) is 5.75 Å². The predicted octanol–water partition coefficient (Wildman–Crippen LogP) is 1.53. The molecule has 6 nitrogen and oxygen atoms in total. The number of nitrogens with zero attached hydrogens (tertiary/aromatic N) is 3. The summed E-state index contributed by atoms with van der Waals surface area (Å²) in [7, 11) is 3.35. The molecule has 1 heterocycles. The monoisotopic (exact) mass is 292 g/mol. The van der Waals surface area contributed by atoms with Crippen molar-refractivity contribution in [3.63, 3.8) is 0 Å². The number of rotatable bonds is 5. The van der Waals surface area contributed by atoms with Gasteiger partial charge < -0.3 is 20.4 Å². The first-order valence-corrected chi connectivity index (χ1v) is 6.38. The molecule has 1 atom stereocenters. The van der Waals surface area contributed by atoms with E-state index in [1.54, 1.807) is 26.2 Å². The molecule has 2 aromatic rings. The van der Waals surface area contributed by atoms with Gasteiger partial charge in [-0.25, -0.2) is 9.37 Å². The SMILES string of the molecule is CN(C)c1nc(NCC(O)c2cccc(O)c2)ncc1F. The van der Waals surface area contributed by atoms with Crippen molar-refractivity contribution in [1.29, 1.82) is 0 Å². The molecule has 1 aromatic carbocycles. The molecule has 0 aliphatic rings. The third-order valence-corrected chi connectivity index (χ3v) is 2.86. The number of phenolic OH excluding ortho intramolecular Hbond substituents is 1. The molecule has 1 aromatic heterocycles. The Kier molecular flexibility index (Phi) is 4.54. The van der Waals surface area contributed by atoms with Crippen molar-refractivity contribution in [2.45, 2.75) is 6.10 Å². The van der Waals surface area contributed by atoms with Crippen LogP contribution >= 0.6 is 0 Å². The smallest absolute Gasteiger partial charge is 0.224 e. The third-order valence-electron chi connectivity index (χ3n) is 2.86. The Labute approximate surface area is 121 Å². The van der Waals surface area contributed by atoms with E-state index < -0.39 is 11.9 Å². The van der Waals surface area contributed by atoms with E-state index in [1.807, 2.05) is 0 Å². The van der Waals surface area contributed by atoms with Crippen LogP contribution < -0.4 is 10.2 Å². The van der Waals surface area contributed by atoms with Gasteiger partial charge in [-0.15, -0.1) is 0 Å². The number of phenols is 1. The molecule has 112 valence electrons. The Bertz CT molecular complexity index is 622. The van der Waals surface area contributed by atoms with Crippen LogP contribution in [0.2, 0.25) is 0 Å². The summed E-state index contributed by atoms with van der Waals surface area (Å²) in [6, 6.07) is 6.34. The summed E-state index contributed by atoms with van der Waals surface area (Å²) in [6.07, 6.45) is 0.235. The molecule has 0 saturated carbocycles. The summed E-state index contributed by atoms with van der Waals surface area (Å²) in [5.74, 6) is -0.0443. The highest BCUT2D eigenvalue weighted by molar-refractivity contribution is 5.42. The fourth-order valence-electron chi connectivity index (χ4n) is 1.79. The van der Waals surface area contributed by atoms with Gasteiger partial charge in [0.25, 0.3) is 0 Å². The molecule has 21 heavy (non-hydrogen) atoms. The maximum Gasteiger partial charge on any atom is 0.224 e. The number of hydrogen-bond acceptors (Lipinski definition) is 6. The Balaban J connectivity index is 2.04. The van der Waals surface area contributed by atoms with E-state index in [1.165, 1.54) is 17.0 Å². The number of anilines is 2. The largest absolute Gasteiger partial charge is 0.508 e. The first-order valence-electron chi connectivity index (χ1n) is 6.38. The second kappa shape index (κ2) is 6.36. The molecule has 0 aliphatic heterocycles. The van der Waals surface area contributed by atoms with Crippen LogP contribution in [0.15, 0.2) is 30.5 Å². The second-order valence-electron chi connectivity index (χ2n) is 4.75. The zero-order chi connectivity index (χ0) is 15.4. The first kappa shape index (κ1) is 15.0. The summed E-state index contributed by atoms with van der Waals surface area (Å²) in [5, 5.41) is 22.2. The number of nitrogens with one attached hydrogen (secondary N) is 1. The predicted molar refractivity (Wildman–Crippen MR) is 77.9 cm³/mol. The number of aliphatic hydroxyl groups excluding tert-OH is 1. The molecular weight excluding hydrogens is 275 g/mol. The van der Waals surface area contributed by atoms with Crippen LogP contribution in [0.25, 0.3) is 0 Å². The Morgan fingerprint density at radius 3 is 2.81 bits per heavy atom. The quantitative estimate of drug-likeness (QED) is 0.775. The van der Waals surface area contributed by atoms with Gasteiger partial charge in [-0.3, -0.25) is 0 Å². The number of aromatic hydroxyl groups is 1. The van der Waals surface area contributed by atoms with Crippen LogP contribution in [0.3, 0.4) is 0 Å². The van der Waals surface area contributed by atoms with E-state index in [0.717, 1.165) is 6.20 Å². The molecule has 0 radical (unpaired) electrons. The number of hydrogen-bond donors (Lipinski definition) is 3. The minimum absolute atomic E-state index is 0.0828. The molecule has 0 spiro atoms. The average molecular weight is 292 g/mol. The summed E-state index contributed by atoms with van der Waals surface area (Å²) in [6.45, 7) is 0.141. The van der Waals surface area contributed by atoms with Crippen LogP contribution in [0.1, 0.15) is 11.7 Å². The van der Waals surface area contributed by atoms with Crippen molar-refractivity contribution in [3.8, 4) is 5.75 Å². The average Bonchev–Trinajstić information content (AvgIpc) is 2.45. The van der Waals surface area contributed by atoms with E-state index in [2.05, 4.69) is 15.3 Å². The van der Waals surface area contributed by atoms with Gasteiger partial charge >= 0.3 is 0 Å². The van der Waals surface area contributed by atoms with Crippen molar-refractivity contribution in [3.05, 3.63) is 41.8 Å². The normalized spacial score (nSPS) is 12.0. The van der Waals surface area contributed by atoms with Crippen molar-refractivity contribution < 1.29 is 14.6 Å². The first-order chi connectivity index (χ1) is 9.97. The zero-order valence-electron chi connectivity index (χ0n) is 11.8. The summed E-state index contributed by atoms with van der Waals surface area (Å²) < 4.78 is 13.5. The van der Waals surface area contributed by atoms with Crippen LogP contribution in [0.5, 0.6) is 5.75 Å². The van der Waals surface area contributed by atoms with Gasteiger partial charge in [-0.1, -0.05) is 12.1 Å². The van der Waals surface area contributed by atoms with Gasteiger partial charge in [0.15, 0.2) is 11.6 Å². The van der Waals surface area contributed by atoms with E-state index in [9.17, 15) is 14.6 Å². The third kappa shape index (κ3) is 3.79. The van der Waals surface area contributed by atoms with Gasteiger partial charge in [-0.05, 0) is 17.7 Å². The van der Waals surface area contributed by atoms with Crippen molar-refractivity contribution in [2.75, 3.05) is 30.9 Å². The number of benzene rings is 1. The van der Waals surface area contributed by atoms with Crippen molar-refractivity contribution in [1.82, 2.24) is 9.97 Å². The minimum Gasteiger partial charge on any atom is -0.508 e. The Morgan fingerprint density at radius 2 is 2.14 bits per heavy atom. The van der Waals surface area contributed by atoms with Gasteiger partial charge in [0.05, 0.1) is 12.3 Å². The Hall–Kier alpha value is -2.41. The standard InChI is InChI=1S/C14H17FN4O2/c1-19(2)13-11(15)7-16-14(18-13)17-8-12(21)9-4-3-5-10(20)6-9/h3-7,12,20-21H,8H2,1-2H3,(H,16,17,18). The lowest BCUT2D eigenvalue weighted by atomic mass is 10.1. The van der Waals surface area contributed by atoms with E-state index >= 15 is 0 Å². The second-order valence-corrected chi connectivity index (χ2v) is 4.75. The van der Waals surface area contributed by atoms with E-state index in [0.29, 0.717) is 5.56 Å². The fourth-order valence-corrected chi connectivity index (χ4v) is 1.79.